The van der Waals surface area contributed by atoms with E-state index in [1.54, 1.807) is 6.07 Å². The molecule has 0 aliphatic heterocycles. The third kappa shape index (κ3) is 1.99. The zero-order valence-corrected chi connectivity index (χ0v) is 9.09. The van der Waals surface area contributed by atoms with E-state index >= 15 is 0 Å². The highest BCUT2D eigenvalue weighted by atomic mass is 19.1. The van der Waals surface area contributed by atoms with Gasteiger partial charge in [0.2, 0.25) is 0 Å². The van der Waals surface area contributed by atoms with Gasteiger partial charge >= 0.3 is 0 Å². The molecule has 0 radical (unpaired) electrons. The van der Waals surface area contributed by atoms with E-state index in [-0.39, 0.29) is 5.82 Å². The SMILES string of the molecule is Cc1noc2cc(F)c(NCCCN)cc12. The van der Waals surface area contributed by atoms with E-state index in [1.165, 1.54) is 6.07 Å². The lowest BCUT2D eigenvalue weighted by atomic mass is 10.2. The van der Waals surface area contributed by atoms with Crippen LogP contribution >= 0.6 is 0 Å². The summed E-state index contributed by atoms with van der Waals surface area (Å²) >= 11 is 0. The molecular weight excluding hydrogens is 209 g/mol. The Morgan fingerprint density at radius 2 is 2.31 bits per heavy atom. The highest BCUT2D eigenvalue weighted by molar-refractivity contribution is 5.83. The molecule has 0 spiro atoms. The van der Waals surface area contributed by atoms with E-state index in [2.05, 4.69) is 10.5 Å². The number of halogens is 1. The van der Waals surface area contributed by atoms with Crippen molar-refractivity contribution in [1.82, 2.24) is 5.16 Å². The summed E-state index contributed by atoms with van der Waals surface area (Å²) in [5.74, 6) is -0.333. The summed E-state index contributed by atoms with van der Waals surface area (Å²) in [7, 11) is 0. The molecule has 1 aromatic heterocycles. The lowest BCUT2D eigenvalue weighted by Gasteiger charge is -2.06. The first-order valence-corrected chi connectivity index (χ1v) is 5.22. The molecule has 0 atom stereocenters. The summed E-state index contributed by atoms with van der Waals surface area (Å²) < 4.78 is 18.5. The number of anilines is 1. The van der Waals surface area contributed by atoms with Gasteiger partial charge in [0.05, 0.1) is 11.4 Å². The molecule has 0 aliphatic carbocycles. The first-order valence-electron chi connectivity index (χ1n) is 5.22. The van der Waals surface area contributed by atoms with Gasteiger partial charge in [-0.3, -0.25) is 0 Å². The maximum absolute atomic E-state index is 13.6. The number of nitrogens with one attached hydrogen (secondary N) is 1. The van der Waals surface area contributed by atoms with Crippen LogP contribution in [0.2, 0.25) is 0 Å². The number of nitrogens with zero attached hydrogens (tertiary/aromatic N) is 1. The van der Waals surface area contributed by atoms with Crippen molar-refractivity contribution in [2.24, 2.45) is 5.73 Å². The molecule has 0 unspecified atom stereocenters. The molecule has 1 heterocycles. The maximum atomic E-state index is 13.6. The molecule has 0 fully saturated rings. The second-order valence-corrected chi connectivity index (χ2v) is 3.67. The molecule has 5 heteroatoms. The van der Waals surface area contributed by atoms with Crippen molar-refractivity contribution in [3.63, 3.8) is 0 Å². The predicted molar refractivity (Wildman–Crippen MR) is 60.9 cm³/mol. The first-order chi connectivity index (χ1) is 7.72. The predicted octanol–water partition coefficient (Wildman–Crippen LogP) is 2.04. The van der Waals surface area contributed by atoms with Gasteiger partial charge in [0.15, 0.2) is 5.58 Å². The van der Waals surface area contributed by atoms with E-state index in [0.29, 0.717) is 24.4 Å². The summed E-state index contributed by atoms with van der Waals surface area (Å²) in [6, 6.07) is 3.06. The fraction of sp³-hybridized carbons (Fsp3) is 0.364. The Kier molecular flexibility index (Phi) is 3.05. The van der Waals surface area contributed by atoms with Crippen molar-refractivity contribution in [2.45, 2.75) is 13.3 Å². The topological polar surface area (TPSA) is 64.1 Å². The van der Waals surface area contributed by atoms with Crippen LogP contribution in [0.3, 0.4) is 0 Å². The van der Waals surface area contributed by atoms with E-state index in [4.69, 9.17) is 10.3 Å². The van der Waals surface area contributed by atoms with E-state index in [0.717, 1.165) is 17.5 Å². The number of hydrogen-bond donors (Lipinski definition) is 2. The van der Waals surface area contributed by atoms with Gasteiger partial charge < -0.3 is 15.6 Å². The quantitative estimate of drug-likeness (QED) is 0.778. The molecule has 0 bridgehead atoms. The summed E-state index contributed by atoms with van der Waals surface area (Å²) in [6.07, 6.45) is 0.806. The van der Waals surface area contributed by atoms with Crippen molar-refractivity contribution >= 4 is 16.7 Å². The lowest BCUT2D eigenvalue weighted by Crippen LogP contribution is -2.09. The van der Waals surface area contributed by atoms with Crippen molar-refractivity contribution in [1.29, 1.82) is 0 Å². The van der Waals surface area contributed by atoms with Gasteiger partial charge in [-0.1, -0.05) is 5.16 Å². The monoisotopic (exact) mass is 223 g/mol. The Labute approximate surface area is 92.6 Å². The van der Waals surface area contributed by atoms with E-state index < -0.39 is 0 Å². The van der Waals surface area contributed by atoms with Gasteiger partial charge in [0, 0.05) is 18.0 Å². The van der Waals surface area contributed by atoms with Crippen LogP contribution in [-0.4, -0.2) is 18.2 Å². The molecule has 2 aromatic rings. The van der Waals surface area contributed by atoms with Crippen LogP contribution in [0, 0.1) is 12.7 Å². The highest BCUT2D eigenvalue weighted by Crippen LogP contribution is 2.25. The van der Waals surface area contributed by atoms with Crippen LogP contribution in [0.4, 0.5) is 10.1 Å². The zero-order valence-electron chi connectivity index (χ0n) is 9.09. The standard InChI is InChI=1S/C11H14FN3O/c1-7-8-5-10(14-4-2-3-13)9(12)6-11(8)16-15-7/h5-6,14H,2-4,13H2,1H3. The summed E-state index contributed by atoms with van der Waals surface area (Å²) in [5, 5.41) is 7.61. The number of fused-ring (bicyclic) bond motifs is 1. The van der Waals surface area contributed by atoms with Crippen LogP contribution in [-0.2, 0) is 0 Å². The summed E-state index contributed by atoms with van der Waals surface area (Å²) in [4.78, 5) is 0. The van der Waals surface area contributed by atoms with E-state index in [1.807, 2.05) is 6.92 Å². The molecule has 0 aliphatic rings. The van der Waals surface area contributed by atoms with Crippen molar-refractivity contribution in [3.8, 4) is 0 Å². The van der Waals surface area contributed by atoms with Crippen LogP contribution in [0.25, 0.3) is 11.0 Å². The Bertz CT molecular complexity index is 495. The second-order valence-electron chi connectivity index (χ2n) is 3.67. The van der Waals surface area contributed by atoms with Gasteiger partial charge in [-0.15, -0.1) is 0 Å². The van der Waals surface area contributed by atoms with Crippen LogP contribution in [0.5, 0.6) is 0 Å². The molecule has 1 aromatic carbocycles. The van der Waals surface area contributed by atoms with Gasteiger partial charge in [0.1, 0.15) is 5.82 Å². The third-order valence-corrected chi connectivity index (χ3v) is 2.44. The number of benzene rings is 1. The number of aromatic nitrogens is 1. The Morgan fingerprint density at radius 1 is 1.50 bits per heavy atom. The van der Waals surface area contributed by atoms with Crippen LogP contribution < -0.4 is 11.1 Å². The highest BCUT2D eigenvalue weighted by Gasteiger charge is 2.09. The Balaban J connectivity index is 2.29. The normalized spacial score (nSPS) is 10.9. The van der Waals surface area contributed by atoms with Crippen molar-refractivity contribution in [3.05, 3.63) is 23.6 Å². The van der Waals surface area contributed by atoms with E-state index in [9.17, 15) is 4.39 Å². The molecule has 86 valence electrons. The Morgan fingerprint density at radius 3 is 3.06 bits per heavy atom. The second kappa shape index (κ2) is 4.49. The molecule has 2 rings (SSSR count). The van der Waals surface area contributed by atoms with Gasteiger partial charge in [-0.25, -0.2) is 4.39 Å². The molecule has 16 heavy (non-hydrogen) atoms. The molecule has 4 nitrogen and oxygen atoms in total. The summed E-state index contributed by atoms with van der Waals surface area (Å²) in [6.45, 7) is 3.07. The number of nitrogens with two attached hydrogens (primary N) is 1. The summed E-state index contributed by atoms with van der Waals surface area (Å²) in [5.41, 5.74) is 7.07. The van der Waals surface area contributed by atoms with Gasteiger partial charge in [-0.05, 0) is 26.0 Å². The molecular formula is C11H14FN3O. The maximum Gasteiger partial charge on any atom is 0.170 e. The average Bonchev–Trinajstić information content (AvgIpc) is 2.61. The number of aryl methyl sites for hydroxylation is 1. The van der Waals surface area contributed by atoms with Crippen molar-refractivity contribution in [2.75, 3.05) is 18.4 Å². The van der Waals surface area contributed by atoms with Crippen molar-refractivity contribution < 1.29 is 8.91 Å². The minimum Gasteiger partial charge on any atom is -0.383 e. The van der Waals surface area contributed by atoms with Crippen LogP contribution in [0.1, 0.15) is 12.1 Å². The average molecular weight is 223 g/mol. The zero-order chi connectivity index (χ0) is 11.5. The lowest BCUT2D eigenvalue weighted by molar-refractivity contribution is 0.449. The van der Waals surface area contributed by atoms with Gasteiger partial charge in [-0.2, -0.15) is 0 Å². The molecule has 0 saturated carbocycles. The minimum absolute atomic E-state index is 0.333. The third-order valence-electron chi connectivity index (χ3n) is 2.44. The Hall–Kier alpha value is -1.62. The smallest absolute Gasteiger partial charge is 0.170 e. The van der Waals surface area contributed by atoms with Crippen LogP contribution in [0.15, 0.2) is 16.7 Å². The largest absolute Gasteiger partial charge is 0.383 e. The molecule has 0 amide bonds. The van der Waals surface area contributed by atoms with Gasteiger partial charge in [0.25, 0.3) is 0 Å². The fourth-order valence-corrected chi connectivity index (χ4v) is 1.54. The minimum atomic E-state index is -0.333. The first kappa shape index (κ1) is 10.9. The fourth-order valence-electron chi connectivity index (χ4n) is 1.54. The number of hydrogen-bond acceptors (Lipinski definition) is 4. The molecule has 3 N–H and O–H groups in total. The molecule has 0 saturated heterocycles. The number of rotatable bonds is 4.